The fourth-order valence-corrected chi connectivity index (χ4v) is 4.76. The van der Waals surface area contributed by atoms with E-state index in [1.54, 1.807) is 7.05 Å². The first-order valence-electron chi connectivity index (χ1n) is 12.3. The van der Waals surface area contributed by atoms with Crippen molar-refractivity contribution >= 4 is 22.8 Å². The van der Waals surface area contributed by atoms with Crippen molar-refractivity contribution in [1.29, 1.82) is 0 Å². The van der Waals surface area contributed by atoms with E-state index >= 15 is 0 Å². The van der Waals surface area contributed by atoms with Gasteiger partial charge >= 0.3 is 5.69 Å². The average Bonchev–Trinajstić information content (AvgIpc) is 3.25. The zero-order chi connectivity index (χ0) is 24.5. The van der Waals surface area contributed by atoms with E-state index in [-0.39, 0.29) is 11.2 Å². The van der Waals surface area contributed by atoms with Crippen LogP contribution in [0.5, 0.6) is 11.5 Å². The number of nitrogens with zero attached hydrogens (tertiary/aromatic N) is 5. The molecule has 8 heteroatoms. The summed E-state index contributed by atoms with van der Waals surface area (Å²) < 4.78 is 10.8. The van der Waals surface area contributed by atoms with Crippen molar-refractivity contribution in [1.82, 2.24) is 18.7 Å². The van der Waals surface area contributed by atoms with Gasteiger partial charge in [0.25, 0.3) is 5.56 Å². The second-order valence-corrected chi connectivity index (χ2v) is 9.32. The van der Waals surface area contributed by atoms with Gasteiger partial charge in [0.2, 0.25) is 5.95 Å². The lowest BCUT2D eigenvalue weighted by atomic mass is 10.1. The number of para-hydroxylation sites is 1. The van der Waals surface area contributed by atoms with Crippen LogP contribution in [0.4, 0.5) is 11.6 Å². The number of rotatable bonds is 7. The Balaban J connectivity index is 1.54. The second kappa shape index (κ2) is 9.44. The van der Waals surface area contributed by atoms with Crippen molar-refractivity contribution < 1.29 is 4.74 Å². The summed E-state index contributed by atoms with van der Waals surface area (Å²) in [7, 11) is 1.70. The molecule has 0 saturated carbocycles. The van der Waals surface area contributed by atoms with E-state index < -0.39 is 0 Å². The van der Waals surface area contributed by atoms with Crippen LogP contribution >= 0.6 is 0 Å². The molecule has 0 radical (unpaired) electrons. The molecule has 1 aliphatic heterocycles. The minimum atomic E-state index is -0.309. The highest BCUT2D eigenvalue weighted by molar-refractivity contribution is 5.77. The van der Waals surface area contributed by atoms with E-state index in [1.165, 1.54) is 9.13 Å². The van der Waals surface area contributed by atoms with Crippen LogP contribution in [0, 0.1) is 5.92 Å². The lowest BCUT2D eigenvalue weighted by Crippen LogP contribution is -2.40. The molecule has 35 heavy (non-hydrogen) atoms. The van der Waals surface area contributed by atoms with E-state index in [4.69, 9.17) is 9.72 Å². The maximum absolute atomic E-state index is 13.5. The molecule has 0 spiro atoms. The lowest BCUT2D eigenvalue weighted by molar-refractivity contribution is 0.457. The monoisotopic (exact) mass is 473 g/mol. The van der Waals surface area contributed by atoms with Crippen LogP contribution in [0.2, 0.25) is 0 Å². The first-order valence-corrected chi connectivity index (χ1v) is 12.3. The van der Waals surface area contributed by atoms with E-state index in [0.29, 0.717) is 36.1 Å². The number of aromatic nitrogens is 4. The van der Waals surface area contributed by atoms with Gasteiger partial charge in [-0.2, -0.15) is 4.98 Å². The van der Waals surface area contributed by atoms with Crippen LogP contribution in [0.1, 0.15) is 33.1 Å². The topological polar surface area (TPSA) is 74.3 Å². The smallest absolute Gasteiger partial charge is 0.332 e. The third kappa shape index (κ3) is 4.24. The SMILES string of the molecule is CCCCCn1c(=O)c2c(nc3n2CC(C)CN3c2ccc(Oc3ccccc3)cc2)n(C)c1=O. The van der Waals surface area contributed by atoms with Gasteiger partial charge in [0.1, 0.15) is 11.5 Å². The van der Waals surface area contributed by atoms with Gasteiger partial charge in [0.05, 0.1) is 0 Å². The molecule has 1 aliphatic rings. The third-order valence-corrected chi connectivity index (χ3v) is 6.55. The zero-order valence-corrected chi connectivity index (χ0v) is 20.5. The van der Waals surface area contributed by atoms with Crippen molar-refractivity contribution in [3.63, 3.8) is 0 Å². The Kier molecular flexibility index (Phi) is 6.19. The Hall–Kier alpha value is -3.81. The molecule has 0 N–H and O–H groups in total. The maximum atomic E-state index is 13.5. The molecule has 0 fully saturated rings. The Morgan fingerprint density at radius 2 is 1.69 bits per heavy atom. The van der Waals surface area contributed by atoms with Crippen LogP contribution in [0.25, 0.3) is 11.2 Å². The summed E-state index contributed by atoms with van der Waals surface area (Å²) in [4.78, 5) is 33.3. The number of hydrogen-bond donors (Lipinski definition) is 0. The molecule has 5 rings (SSSR count). The molecule has 0 bridgehead atoms. The van der Waals surface area contributed by atoms with Crippen molar-refractivity contribution in [3.05, 3.63) is 75.4 Å². The van der Waals surface area contributed by atoms with Gasteiger partial charge in [-0.3, -0.25) is 13.9 Å². The molecule has 1 atom stereocenters. The second-order valence-electron chi connectivity index (χ2n) is 9.32. The molecule has 3 heterocycles. The molecule has 4 aromatic rings. The summed E-state index contributed by atoms with van der Waals surface area (Å²) >= 11 is 0. The molecule has 0 aliphatic carbocycles. The van der Waals surface area contributed by atoms with E-state index in [1.807, 2.05) is 59.2 Å². The number of aryl methyl sites for hydroxylation is 1. The normalized spacial score (nSPS) is 15.4. The average molecular weight is 474 g/mol. The first-order chi connectivity index (χ1) is 17.0. The summed E-state index contributed by atoms with van der Waals surface area (Å²) in [5, 5.41) is 0. The number of fused-ring (bicyclic) bond motifs is 3. The molecule has 0 amide bonds. The molecule has 2 aromatic carbocycles. The number of imidazole rings is 1. The molecule has 0 saturated heterocycles. The highest BCUT2D eigenvalue weighted by Gasteiger charge is 2.29. The van der Waals surface area contributed by atoms with Crippen molar-refractivity contribution in [2.45, 2.75) is 46.2 Å². The number of ether oxygens (including phenoxy) is 1. The van der Waals surface area contributed by atoms with E-state index in [9.17, 15) is 9.59 Å². The van der Waals surface area contributed by atoms with Crippen LogP contribution in [-0.4, -0.2) is 25.2 Å². The number of benzene rings is 2. The van der Waals surface area contributed by atoms with Gasteiger partial charge in [-0.25, -0.2) is 4.79 Å². The minimum Gasteiger partial charge on any atom is -0.457 e. The maximum Gasteiger partial charge on any atom is 0.332 e. The molecule has 1 unspecified atom stereocenters. The Labute approximate surface area is 204 Å². The first kappa shape index (κ1) is 23.0. The van der Waals surface area contributed by atoms with Gasteiger partial charge < -0.3 is 14.2 Å². The molecular formula is C27H31N5O3. The van der Waals surface area contributed by atoms with Crippen molar-refractivity contribution in [2.75, 3.05) is 11.4 Å². The Morgan fingerprint density at radius 3 is 2.40 bits per heavy atom. The van der Waals surface area contributed by atoms with Gasteiger partial charge in [-0.15, -0.1) is 0 Å². The van der Waals surface area contributed by atoms with Gasteiger partial charge in [-0.1, -0.05) is 44.9 Å². The summed E-state index contributed by atoms with van der Waals surface area (Å²) in [6.45, 7) is 6.14. The number of hydrogen-bond acceptors (Lipinski definition) is 5. The third-order valence-electron chi connectivity index (χ3n) is 6.55. The van der Waals surface area contributed by atoms with Crippen LogP contribution in [0.3, 0.4) is 0 Å². The molecule has 2 aromatic heterocycles. The largest absolute Gasteiger partial charge is 0.457 e. The standard InChI is InChI=1S/C27H31N5O3/c1-4-5-9-16-30-25(33)23-24(29(3)27(30)34)28-26-31(17-19(2)18-32(23)26)20-12-14-22(15-13-20)35-21-10-7-6-8-11-21/h6-8,10-15,19H,4-5,9,16-18H2,1-3H3. The molecular weight excluding hydrogens is 442 g/mol. The number of unbranched alkanes of at least 4 members (excludes halogenated alkanes) is 2. The van der Waals surface area contributed by atoms with Crippen molar-refractivity contribution in [3.8, 4) is 11.5 Å². The predicted molar refractivity (Wildman–Crippen MR) is 138 cm³/mol. The van der Waals surface area contributed by atoms with E-state index in [0.717, 1.165) is 43.0 Å². The molecule has 8 nitrogen and oxygen atoms in total. The predicted octanol–water partition coefficient (Wildman–Crippen LogP) is 4.67. The fraction of sp³-hybridized carbons (Fsp3) is 0.370. The quantitative estimate of drug-likeness (QED) is 0.365. The fourth-order valence-electron chi connectivity index (χ4n) is 4.76. The summed E-state index contributed by atoms with van der Waals surface area (Å²) in [6.07, 6.45) is 2.81. The van der Waals surface area contributed by atoms with Crippen LogP contribution in [-0.2, 0) is 20.1 Å². The van der Waals surface area contributed by atoms with E-state index in [2.05, 4.69) is 18.7 Å². The summed E-state index contributed by atoms with van der Waals surface area (Å²) in [5.74, 6) is 2.51. The van der Waals surface area contributed by atoms with Crippen LogP contribution in [0.15, 0.2) is 64.2 Å². The number of anilines is 2. The Bertz CT molecular complexity index is 1450. The molecule has 182 valence electrons. The highest BCUT2D eigenvalue weighted by atomic mass is 16.5. The van der Waals surface area contributed by atoms with Crippen molar-refractivity contribution in [2.24, 2.45) is 13.0 Å². The Morgan fingerprint density at radius 1 is 0.971 bits per heavy atom. The zero-order valence-electron chi connectivity index (χ0n) is 20.5. The van der Waals surface area contributed by atoms with Crippen LogP contribution < -0.4 is 20.9 Å². The van der Waals surface area contributed by atoms with Gasteiger partial charge in [0, 0.05) is 32.4 Å². The summed E-state index contributed by atoms with van der Waals surface area (Å²) in [5.41, 5.74) is 1.33. The van der Waals surface area contributed by atoms with Gasteiger partial charge in [0.15, 0.2) is 11.2 Å². The minimum absolute atomic E-state index is 0.251. The lowest BCUT2D eigenvalue weighted by Gasteiger charge is -2.33. The summed E-state index contributed by atoms with van der Waals surface area (Å²) in [6, 6.07) is 17.5. The highest BCUT2D eigenvalue weighted by Crippen LogP contribution is 2.34. The van der Waals surface area contributed by atoms with Gasteiger partial charge in [-0.05, 0) is 48.7 Å².